The molecular formula is C42H25BN2OS. The SMILES string of the molecule is c1ccc(N(c2ccccc2)c2cc3c4c(c2)-n2c5ccccc5c5cc6oc7ccccc7c6c(c52)B4c2ccccc2S3)cc1. The summed E-state index contributed by atoms with van der Waals surface area (Å²) in [7, 11) is 0. The molecule has 0 unspecified atom stereocenters. The number of hydrogen-bond acceptors (Lipinski definition) is 3. The van der Waals surface area contributed by atoms with E-state index in [1.807, 2.05) is 11.8 Å². The molecule has 0 saturated heterocycles. The van der Waals surface area contributed by atoms with Crippen molar-refractivity contribution < 1.29 is 4.42 Å². The first kappa shape index (κ1) is 25.5. The lowest BCUT2D eigenvalue weighted by atomic mass is 9.34. The first-order valence-electron chi connectivity index (χ1n) is 16.1. The lowest BCUT2D eigenvalue weighted by Gasteiger charge is -2.35. The standard InChI is InChI=1S/C42H25BN2OS/c1-3-13-26(14-4-1)44(27-15-5-2-6-16-27)28-23-34-40-38(24-28)47-37-22-12-9-19-32(37)43(40)41-39-30-18-8-11-21-35(30)46-36(39)25-31-29-17-7-10-20-33(29)45(34)42(31)41/h1-25H. The van der Waals surface area contributed by atoms with E-state index in [9.17, 15) is 0 Å². The number of furan rings is 1. The van der Waals surface area contributed by atoms with E-state index in [4.69, 9.17) is 4.42 Å². The van der Waals surface area contributed by atoms with E-state index >= 15 is 0 Å². The lowest BCUT2D eigenvalue weighted by molar-refractivity contribution is 0.669. The highest BCUT2D eigenvalue weighted by atomic mass is 32.2. The molecule has 2 aromatic heterocycles. The van der Waals surface area contributed by atoms with Crippen LogP contribution in [0.25, 0.3) is 49.4 Å². The van der Waals surface area contributed by atoms with Crippen molar-refractivity contribution in [3.63, 3.8) is 0 Å². The van der Waals surface area contributed by atoms with Gasteiger partial charge in [-0.1, -0.05) is 108 Å². The van der Waals surface area contributed by atoms with Crippen LogP contribution in [0.4, 0.5) is 17.1 Å². The Balaban J connectivity index is 1.33. The Bertz CT molecular complexity index is 2690. The van der Waals surface area contributed by atoms with Gasteiger partial charge in [0.15, 0.2) is 0 Å². The van der Waals surface area contributed by atoms with Gasteiger partial charge < -0.3 is 13.9 Å². The molecule has 0 atom stereocenters. The molecule has 47 heavy (non-hydrogen) atoms. The topological polar surface area (TPSA) is 21.3 Å². The molecule has 0 saturated carbocycles. The quantitative estimate of drug-likeness (QED) is 0.185. The van der Waals surface area contributed by atoms with E-state index in [-0.39, 0.29) is 6.71 Å². The molecule has 5 heteroatoms. The predicted octanol–water partition coefficient (Wildman–Crippen LogP) is 9.45. The van der Waals surface area contributed by atoms with Gasteiger partial charge >= 0.3 is 0 Å². The summed E-state index contributed by atoms with van der Waals surface area (Å²) in [5.74, 6) is 0. The van der Waals surface area contributed by atoms with Crippen LogP contribution in [0.2, 0.25) is 0 Å². The van der Waals surface area contributed by atoms with Crippen molar-refractivity contribution >= 4 is 95.7 Å². The number of hydrogen-bond donors (Lipinski definition) is 0. The minimum Gasteiger partial charge on any atom is -0.456 e. The average Bonchev–Trinajstić information content (AvgIpc) is 3.67. The zero-order chi connectivity index (χ0) is 30.6. The second-order valence-electron chi connectivity index (χ2n) is 12.5. The van der Waals surface area contributed by atoms with Crippen molar-refractivity contribution in [1.29, 1.82) is 0 Å². The molecule has 218 valence electrons. The molecule has 0 aliphatic carbocycles. The number of fused-ring (bicyclic) bond motifs is 11. The van der Waals surface area contributed by atoms with Crippen LogP contribution in [0, 0.1) is 0 Å². The largest absolute Gasteiger partial charge is 0.456 e. The molecule has 3 nitrogen and oxygen atoms in total. The summed E-state index contributed by atoms with van der Waals surface area (Å²) in [5.41, 5.74) is 13.1. The van der Waals surface area contributed by atoms with E-state index in [1.165, 1.54) is 64.4 Å². The number of para-hydroxylation sites is 4. The smallest absolute Gasteiger partial charge is 0.250 e. The summed E-state index contributed by atoms with van der Waals surface area (Å²) in [5, 5.41) is 4.87. The third-order valence-corrected chi connectivity index (χ3v) is 11.1. The molecule has 4 heterocycles. The normalized spacial score (nSPS) is 13.0. The second-order valence-corrected chi connectivity index (χ2v) is 13.6. The van der Waals surface area contributed by atoms with Crippen molar-refractivity contribution in [3.8, 4) is 5.69 Å². The Labute approximate surface area is 275 Å². The molecule has 0 fully saturated rings. The van der Waals surface area contributed by atoms with Crippen LogP contribution in [0.5, 0.6) is 0 Å². The zero-order valence-electron chi connectivity index (χ0n) is 25.2. The van der Waals surface area contributed by atoms with Gasteiger partial charge in [0.1, 0.15) is 11.2 Å². The molecule has 9 aromatic rings. The summed E-state index contributed by atoms with van der Waals surface area (Å²) in [6.45, 7) is 0.0671. The van der Waals surface area contributed by atoms with Crippen molar-refractivity contribution in [1.82, 2.24) is 4.57 Å². The highest BCUT2D eigenvalue weighted by molar-refractivity contribution is 8.00. The maximum Gasteiger partial charge on any atom is 0.250 e. The molecular weight excluding hydrogens is 591 g/mol. The van der Waals surface area contributed by atoms with Gasteiger partial charge in [0.25, 0.3) is 6.71 Å². The number of benzene rings is 7. The van der Waals surface area contributed by atoms with E-state index in [2.05, 4.69) is 161 Å². The van der Waals surface area contributed by atoms with E-state index in [0.29, 0.717) is 0 Å². The van der Waals surface area contributed by atoms with Gasteiger partial charge in [0.2, 0.25) is 0 Å². The van der Waals surface area contributed by atoms with Crippen LogP contribution in [0.3, 0.4) is 0 Å². The van der Waals surface area contributed by atoms with Crippen LogP contribution in [-0.4, -0.2) is 11.3 Å². The third-order valence-electron chi connectivity index (χ3n) is 10.00. The fourth-order valence-corrected chi connectivity index (χ4v) is 9.37. The highest BCUT2D eigenvalue weighted by Crippen LogP contribution is 2.45. The Hall–Kier alpha value is -5.65. The van der Waals surface area contributed by atoms with Crippen LogP contribution in [0.15, 0.2) is 166 Å². The molecule has 0 amide bonds. The molecule has 0 radical (unpaired) electrons. The lowest BCUT2D eigenvalue weighted by Crippen LogP contribution is -2.59. The minimum atomic E-state index is 0.0671. The molecule has 2 aliphatic rings. The van der Waals surface area contributed by atoms with E-state index in [0.717, 1.165) is 28.2 Å². The Morgan fingerprint density at radius 3 is 2.02 bits per heavy atom. The van der Waals surface area contributed by atoms with Gasteiger partial charge in [0.05, 0.1) is 11.0 Å². The predicted molar refractivity (Wildman–Crippen MR) is 198 cm³/mol. The molecule has 11 rings (SSSR count). The monoisotopic (exact) mass is 616 g/mol. The highest BCUT2D eigenvalue weighted by Gasteiger charge is 2.42. The molecule has 0 N–H and O–H groups in total. The maximum absolute atomic E-state index is 6.63. The van der Waals surface area contributed by atoms with Crippen LogP contribution in [-0.2, 0) is 0 Å². The third kappa shape index (κ3) is 3.44. The summed E-state index contributed by atoms with van der Waals surface area (Å²) in [6, 6.07) is 54.9. The van der Waals surface area contributed by atoms with E-state index < -0.39 is 0 Å². The van der Waals surface area contributed by atoms with Gasteiger partial charge in [-0.05, 0) is 71.6 Å². The molecule has 0 bridgehead atoms. The zero-order valence-corrected chi connectivity index (χ0v) is 26.0. The van der Waals surface area contributed by atoms with Gasteiger partial charge in [-0.2, -0.15) is 0 Å². The Morgan fingerprint density at radius 1 is 0.532 bits per heavy atom. The molecule has 0 spiro atoms. The van der Waals surface area contributed by atoms with Gasteiger partial charge in [-0.15, -0.1) is 0 Å². The summed E-state index contributed by atoms with van der Waals surface area (Å²) in [4.78, 5) is 4.99. The van der Waals surface area contributed by atoms with Crippen molar-refractivity contribution in [3.05, 3.63) is 152 Å². The van der Waals surface area contributed by atoms with Gasteiger partial charge in [-0.25, -0.2) is 0 Å². The number of aromatic nitrogens is 1. The van der Waals surface area contributed by atoms with Gasteiger partial charge in [0, 0.05) is 54.1 Å². The average molecular weight is 617 g/mol. The Morgan fingerprint density at radius 2 is 1.21 bits per heavy atom. The minimum absolute atomic E-state index is 0.0671. The summed E-state index contributed by atoms with van der Waals surface area (Å²) < 4.78 is 9.17. The fraction of sp³-hybridized carbons (Fsp3) is 0. The summed E-state index contributed by atoms with van der Waals surface area (Å²) in [6.07, 6.45) is 0. The molecule has 2 aliphatic heterocycles. The van der Waals surface area contributed by atoms with Gasteiger partial charge in [-0.3, -0.25) is 0 Å². The fourth-order valence-electron chi connectivity index (χ4n) is 8.17. The number of anilines is 3. The number of nitrogens with zero attached hydrogens (tertiary/aromatic N) is 2. The summed E-state index contributed by atoms with van der Waals surface area (Å²) >= 11 is 1.89. The second kappa shape index (κ2) is 9.44. The van der Waals surface area contributed by atoms with Crippen molar-refractivity contribution in [2.75, 3.05) is 4.90 Å². The van der Waals surface area contributed by atoms with E-state index in [1.54, 1.807) is 0 Å². The van der Waals surface area contributed by atoms with Crippen LogP contribution < -0.4 is 21.3 Å². The first-order valence-corrected chi connectivity index (χ1v) is 16.9. The van der Waals surface area contributed by atoms with Crippen LogP contribution in [0.1, 0.15) is 0 Å². The Kier molecular flexibility index (Phi) is 5.13. The van der Waals surface area contributed by atoms with Crippen molar-refractivity contribution in [2.24, 2.45) is 0 Å². The van der Waals surface area contributed by atoms with Crippen molar-refractivity contribution in [2.45, 2.75) is 9.79 Å². The molecule has 7 aromatic carbocycles. The maximum atomic E-state index is 6.63. The first-order chi connectivity index (χ1) is 23.3. The van der Waals surface area contributed by atoms with Crippen LogP contribution >= 0.6 is 11.8 Å². The number of rotatable bonds is 3.